The molecule has 1 saturated heterocycles. The maximum Gasteiger partial charge on any atom is 0.168 e. The average molecular weight is 437 g/mol. The Morgan fingerprint density at radius 2 is 1.91 bits per heavy atom. The van der Waals surface area contributed by atoms with Gasteiger partial charge in [0.15, 0.2) is 23.5 Å². The zero-order valence-electron chi connectivity index (χ0n) is 17.1. The predicted octanol–water partition coefficient (Wildman–Crippen LogP) is 0.126. The molecule has 0 saturated carbocycles. The first-order chi connectivity index (χ1) is 15.5. The van der Waals surface area contributed by atoms with E-state index in [2.05, 4.69) is 32.2 Å². The van der Waals surface area contributed by atoms with Crippen LogP contribution >= 0.6 is 0 Å². The fourth-order valence-corrected chi connectivity index (χ4v) is 3.85. The number of aliphatic hydroxyl groups is 3. The molecule has 4 aromatic rings. The van der Waals surface area contributed by atoms with Crippen LogP contribution in [-0.2, 0) is 17.7 Å². The first-order valence-corrected chi connectivity index (χ1v) is 10.2. The lowest BCUT2D eigenvalue weighted by Gasteiger charge is -2.16. The molecule has 11 nitrogen and oxygen atoms in total. The Labute approximate surface area is 182 Å². The largest absolute Gasteiger partial charge is 0.394 e. The number of benzene rings is 1. The number of ether oxygens (including phenoxy) is 1. The molecular weight excluding hydrogens is 414 g/mol. The van der Waals surface area contributed by atoms with Crippen LogP contribution in [0.4, 0.5) is 5.82 Å². The molecule has 166 valence electrons. The zero-order chi connectivity index (χ0) is 22.2. The summed E-state index contributed by atoms with van der Waals surface area (Å²) in [4.78, 5) is 13.2. The minimum atomic E-state index is -1.26. The molecule has 4 heterocycles. The number of rotatable bonds is 6. The maximum atomic E-state index is 10.4. The molecule has 32 heavy (non-hydrogen) atoms. The van der Waals surface area contributed by atoms with Gasteiger partial charge < -0.3 is 25.8 Å². The predicted molar refractivity (Wildman–Crippen MR) is 114 cm³/mol. The Kier molecular flexibility index (Phi) is 5.31. The summed E-state index contributed by atoms with van der Waals surface area (Å²) in [5.74, 6) is 0.530. The van der Waals surface area contributed by atoms with Crippen molar-refractivity contribution in [2.24, 2.45) is 0 Å². The first kappa shape index (κ1) is 20.5. The van der Waals surface area contributed by atoms with E-state index in [-0.39, 0.29) is 5.82 Å². The molecule has 5 N–H and O–H groups in total. The van der Waals surface area contributed by atoms with Gasteiger partial charge in [-0.3, -0.25) is 9.25 Å². The highest BCUT2D eigenvalue weighted by Crippen LogP contribution is 2.32. The van der Waals surface area contributed by atoms with Crippen molar-refractivity contribution in [1.82, 2.24) is 29.3 Å². The van der Waals surface area contributed by atoms with Crippen LogP contribution < -0.4 is 5.73 Å². The minimum Gasteiger partial charge on any atom is -0.394 e. The summed E-state index contributed by atoms with van der Waals surface area (Å²) in [7, 11) is 0. The number of hydrogen-bond acceptors (Lipinski definition) is 9. The van der Waals surface area contributed by atoms with E-state index < -0.39 is 31.1 Å². The van der Waals surface area contributed by atoms with Crippen LogP contribution in [0.3, 0.4) is 0 Å². The Morgan fingerprint density at radius 3 is 2.66 bits per heavy atom. The van der Waals surface area contributed by atoms with Crippen LogP contribution in [0.15, 0.2) is 49.1 Å². The molecule has 0 aliphatic carbocycles. The maximum absolute atomic E-state index is 10.4. The number of anilines is 1. The van der Waals surface area contributed by atoms with Crippen molar-refractivity contribution >= 4 is 17.0 Å². The van der Waals surface area contributed by atoms with E-state index in [9.17, 15) is 15.3 Å². The van der Waals surface area contributed by atoms with E-state index in [0.29, 0.717) is 29.1 Å². The van der Waals surface area contributed by atoms with E-state index in [0.717, 1.165) is 6.42 Å². The van der Waals surface area contributed by atoms with Gasteiger partial charge in [0.2, 0.25) is 0 Å². The van der Waals surface area contributed by atoms with Gasteiger partial charge in [0.1, 0.15) is 23.8 Å². The summed E-state index contributed by atoms with van der Waals surface area (Å²) in [5, 5.41) is 34.2. The fourth-order valence-electron chi connectivity index (χ4n) is 3.85. The monoisotopic (exact) mass is 437 g/mol. The number of imidazole rings is 1. The number of fused-ring (bicyclic) bond motifs is 1. The standard InChI is InChI=1S/C21H23N7O4/c22-18-15-20(28(11-23-15)21-17(31)16(30)14(10-29)32-21)26-19(25-18)13-8-24-27(9-13)7-6-12-4-2-1-3-5-12/h1-5,8-9,11,14,16-17,21,29-31H,6-7,10H2,(H2,22,25,26)/t14-,16-,17-,21-/m1/s1. The molecule has 11 heteroatoms. The van der Waals surface area contributed by atoms with E-state index in [1.807, 2.05) is 29.1 Å². The highest BCUT2D eigenvalue weighted by Gasteiger charge is 2.44. The van der Waals surface area contributed by atoms with Gasteiger partial charge in [-0.2, -0.15) is 5.10 Å². The summed E-state index contributed by atoms with van der Waals surface area (Å²) >= 11 is 0. The molecule has 1 aromatic carbocycles. The quantitative estimate of drug-likeness (QED) is 0.329. The van der Waals surface area contributed by atoms with Crippen LogP contribution in [0, 0.1) is 0 Å². The van der Waals surface area contributed by atoms with Gasteiger partial charge >= 0.3 is 0 Å². The van der Waals surface area contributed by atoms with Crippen molar-refractivity contribution in [3.05, 3.63) is 54.6 Å². The molecule has 0 spiro atoms. The van der Waals surface area contributed by atoms with Crippen LogP contribution in [0.25, 0.3) is 22.6 Å². The van der Waals surface area contributed by atoms with Gasteiger partial charge in [0.25, 0.3) is 0 Å². The summed E-state index contributed by atoms with van der Waals surface area (Å²) in [5.41, 5.74) is 8.71. The van der Waals surface area contributed by atoms with Gasteiger partial charge in [-0.15, -0.1) is 0 Å². The Hall–Kier alpha value is -3.38. The van der Waals surface area contributed by atoms with Crippen LogP contribution in [-0.4, -0.2) is 69.5 Å². The van der Waals surface area contributed by atoms with E-state index in [4.69, 9.17) is 10.5 Å². The Bertz CT molecular complexity index is 1230. The molecule has 0 unspecified atom stereocenters. The summed E-state index contributed by atoms with van der Waals surface area (Å²) in [6.45, 7) is 0.272. The third-order valence-electron chi connectivity index (χ3n) is 5.60. The SMILES string of the molecule is Nc1nc(-c2cnn(CCc3ccccc3)c2)nc2c1ncn2[C@@H]1O[C@H](CO)[C@@H](O)[C@H]1O. The second kappa shape index (κ2) is 8.28. The lowest BCUT2D eigenvalue weighted by Crippen LogP contribution is -2.33. The Balaban J connectivity index is 1.43. The van der Waals surface area contributed by atoms with Crippen molar-refractivity contribution in [1.29, 1.82) is 0 Å². The molecule has 1 fully saturated rings. The average Bonchev–Trinajstić information content (AvgIpc) is 3.52. The number of nitrogens with zero attached hydrogens (tertiary/aromatic N) is 6. The van der Waals surface area contributed by atoms with Crippen molar-refractivity contribution in [2.45, 2.75) is 37.5 Å². The molecule has 4 atom stereocenters. The lowest BCUT2D eigenvalue weighted by atomic mass is 10.1. The van der Waals surface area contributed by atoms with Crippen LogP contribution in [0.1, 0.15) is 11.8 Å². The van der Waals surface area contributed by atoms with Crippen molar-refractivity contribution in [3.63, 3.8) is 0 Å². The smallest absolute Gasteiger partial charge is 0.168 e. The number of hydrogen-bond donors (Lipinski definition) is 4. The number of aromatic nitrogens is 6. The van der Waals surface area contributed by atoms with E-state index in [1.54, 1.807) is 6.20 Å². The van der Waals surface area contributed by atoms with Crippen LogP contribution in [0.2, 0.25) is 0 Å². The minimum absolute atomic E-state index is 0.174. The lowest BCUT2D eigenvalue weighted by molar-refractivity contribution is -0.0511. The van der Waals surface area contributed by atoms with Gasteiger partial charge in [0, 0.05) is 12.7 Å². The summed E-state index contributed by atoms with van der Waals surface area (Å²) < 4.78 is 8.91. The third-order valence-corrected chi connectivity index (χ3v) is 5.60. The second-order valence-corrected chi connectivity index (χ2v) is 7.71. The summed E-state index contributed by atoms with van der Waals surface area (Å²) in [6, 6.07) is 10.1. The molecular formula is C21H23N7O4. The summed E-state index contributed by atoms with van der Waals surface area (Å²) in [6.07, 6.45) is 1.39. The van der Waals surface area contributed by atoms with Gasteiger partial charge in [-0.1, -0.05) is 30.3 Å². The first-order valence-electron chi connectivity index (χ1n) is 10.2. The topological polar surface area (TPSA) is 157 Å². The molecule has 5 rings (SSSR count). The number of aryl methyl sites for hydroxylation is 2. The molecule has 3 aromatic heterocycles. The molecule has 1 aliphatic rings. The van der Waals surface area contributed by atoms with Gasteiger partial charge in [-0.25, -0.2) is 15.0 Å². The van der Waals surface area contributed by atoms with E-state index in [1.165, 1.54) is 16.5 Å². The molecule has 1 aliphatic heterocycles. The number of aliphatic hydroxyl groups excluding tert-OH is 3. The zero-order valence-corrected chi connectivity index (χ0v) is 17.1. The van der Waals surface area contributed by atoms with E-state index >= 15 is 0 Å². The molecule has 0 bridgehead atoms. The highest BCUT2D eigenvalue weighted by atomic mass is 16.6. The van der Waals surface area contributed by atoms with Crippen LogP contribution in [0.5, 0.6) is 0 Å². The highest BCUT2D eigenvalue weighted by molar-refractivity contribution is 5.83. The van der Waals surface area contributed by atoms with Crippen molar-refractivity contribution in [2.75, 3.05) is 12.3 Å². The fraction of sp³-hybridized carbons (Fsp3) is 0.333. The van der Waals surface area contributed by atoms with Gasteiger partial charge in [-0.05, 0) is 12.0 Å². The number of nitrogens with two attached hydrogens (primary N) is 1. The molecule has 0 radical (unpaired) electrons. The number of nitrogen functional groups attached to an aromatic ring is 1. The third kappa shape index (κ3) is 3.60. The van der Waals surface area contributed by atoms with Crippen molar-refractivity contribution in [3.8, 4) is 11.4 Å². The van der Waals surface area contributed by atoms with Gasteiger partial charge in [0.05, 0.1) is 24.7 Å². The molecule has 0 amide bonds. The van der Waals surface area contributed by atoms with Crippen molar-refractivity contribution < 1.29 is 20.1 Å². The second-order valence-electron chi connectivity index (χ2n) is 7.71. The Morgan fingerprint density at radius 1 is 1.09 bits per heavy atom. The normalized spacial score (nSPS) is 23.2.